The molecule has 23 heavy (non-hydrogen) atoms. The van der Waals surface area contributed by atoms with Gasteiger partial charge in [-0.2, -0.15) is 0 Å². The van der Waals surface area contributed by atoms with Crippen molar-refractivity contribution in [1.82, 2.24) is 10.2 Å². The molecule has 1 aliphatic rings. The van der Waals surface area contributed by atoms with Gasteiger partial charge in [-0.25, -0.2) is 0 Å². The maximum atomic E-state index is 12.1. The van der Waals surface area contributed by atoms with Crippen molar-refractivity contribution in [2.75, 3.05) is 39.0 Å². The summed E-state index contributed by atoms with van der Waals surface area (Å²) in [5, 5.41) is 3.26. The summed E-state index contributed by atoms with van der Waals surface area (Å²) in [6.45, 7) is 12.6. The van der Waals surface area contributed by atoms with Gasteiger partial charge in [0.05, 0.1) is 19.6 Å². The van der Waals surface area contributed by atoms with Gasteiger partial charge in [-0.1, -0.05) is 6.92 Å². The SMILES string of the molecule is CCNC(=NCCS(=O)C(C)(C)C)N1CC(C)C(C(=O)OC)C1. The molecule has 0 aliphatic carbocycles. The molecule has 0 aromatic carbocycles. The van der Waals surface area contributed by atoms with Gasteiger partial charge in [0.25, 0.3) is 0 Å². The fourth-order valence-electron chi connectivity index (χ4n) is 2.56. The summed E-state index contributed by atoms with van der Waals surface area (Å²) in [4.78, 5) is 18.5. The zero-order valence-corrected chi connectivity index (χ0v) is 16.0. The van der Waals surface area contributed by atoms with Crippen LogP contribution in [0.2, 0.25) is 0 Å². The minimum Gasteiger partial charge on any atom is -0.469 e. The summed E-state index contributed by atoms with van der Waals surface area (Å²) >= 11 is 0. The third-order valence-electron chi connectivity index (χ3n) is 3.97. The number of nitrogens with zero attached hydrogens (tertiary/aromatic N) is 2. The number of guanidine groups is 1. The van der Waals surface area contributed by atoms with Crippen LogP contribution in [-0.2, 0) is 20.3 Å². The molecule has 1 aliphatic heterocycles. The van der Waals surface area contributed by atoms with Gasteiger partial charge in [0.2, 0.25) is 0 Å². The Bertz CT molecular complexity index is 460. The monoisotopic (exact) mass is 345 g/mol. The first-order valence-electron chi connectivity index (χ1n) is 8.20. The van der Waals surface area contributed by atoms with E-state index in [2.05, 4.69) is 22.1 Å². The van der Waals surface area contributed by atoms with Gasteiger partial charge in [0, 0.05) is 40.9 Å². The highest BCUT2D eigenvalue weighted by atomic mass is 32.2. The molecular formula is C16H31N3O3S. The predicted molar refractivity (Wildman–Crippen MR) is 95.0 cm³/mol. The summed E-state index contributed by atoms with van der Waals surface area (Å²) in [5.74, 6) is 1.28. The largest absolute Gasteiger partial charge is 0.469 e. The molecule has 1 fully saturated rings. The summed E-state index contributed by atoms with van der Waals surface area (Å²) in [7, 11) is 0.520. The second-order valence-corrected chi connectivity index (χ2v) is 9.23. The summed E-state index contributed by atoms with van der Waals surface area (Å²) in [6, 6.07) is 0. The van der Waals surface area contributed by atoms with Crippen LogP contribution in [0.3, 0.4) is 0 Å². The lowest BCUT2D eigenvalue weighted by Crippen LogP contribution is -2.41. The smallest absolute Gasteiger partial charge is 0.310 e. The van der Waals surface area contributed by atoms with Crippen LogP contribution in [0.1, 0.15) is 34.6 Å². The maximum absolute atomic E-state index is 12.1. The van der Waals surface area contributed by atoms with E-state index in [1.165, 1.54) is 7.11 Å². The van der Waals surface area contributed by atoms with Crippen LogP contribution in [0.4, 0.5) is 0 Å². The number of hydrogen-bond acceptors (Lipinski definition) is 4. The van der Waals surface area contributed by atoms with Gasteiger partial charge in [0.1, 0.15) is 0 Å². The quantitative estimate of drug-likeness (QED) is 0.461. The number of nitrogens with one attached hydrogen (secondary N) is 1. The molecule has 0 aromatic heterocycles. The van der Waals surface area contributed by atoms with Crippen molar-refractivity contribution in [3.63, 3.8) is 0 Å². The normalized spacial score (nSPS) is 23.7. The minimum absolute atomic E-state index is 0.118. The van der Waals surface area contributed by atoms with E-state index in [0.29, 0.717) is 18.8 Å². The first-order valence-corrected chi connectivity index (χ1v) is 9.52. The van der Waals surface area contributed by atoms with Gasteiger partial charge in [-0.3, -0.25) is 14.0 Å². The Balaban J connectivity index is 2.70. The maximum Gasteiger partial charge on any atom is 0.310 e. The van der Waals surface area contributed by atoms with Crippen molar-refractivity contribution < 1.29 is 13.7 Å². The van der Waals surface area contributed by atoms with Crippen LogP contribution in [0.25, 0.3) is 0 Å². The molecule has 7 heteroatoms. The fourth-order valence-corrected chi connectivity index (χ4v) is 3.43. The molecule has 3 atom stereocenters. The standard InChI is InChI=1S/C16H31N3O3S/c1-7-17-15(18-8-9-23(21)16(3,4)5)19-10-12(2)13(11-19)14(20)22-6/h12-13H,7-11H2,1-6H3,(H,17,18). The Kier molecular flexibility index (Phi) is 7.51. The lowest BCUT2D eigenvalue weighted by molar-refractivity contribution is -0.145. The highest BCUT2D eigenvalue weighted by Crippen LogP contribution is 2.24. The molecule has 3 unspecified atom stereocenters. The zero-order valence-electron chi connectivity index (χ0n) is 15.2. The van der Waals surface area contributed by atoms with Crippen molar-refractivity contribution in [3.05, 3.63) is 0 Å². The molecule has 1 rings (SSSR count). The van der Waals surface area contributed by atoms with E-state index in [4.69, 9.17) is 4.74 Å². The summed E-state index contributed by atoms with van der Waals surface area (Å²) < 4.78 is 16.8. The number of esters is 1. The average molecular weight is 346 g/mol. The topological polar surface area (TPSA) is 71.0 Å². The second kappa shape index (κ2) is 8.66. The number of likely N-dealkylation sites (tertiary alicyclic amines) is 1. The number of rotatable bonds is 5. The molecule has 0 aromatic rings. The van der Waals surface area contributed by atoms with Crippen LogP contribution in [0.5, 0.6) is 0 Å². The Morgan fingerprint density at radius 1 is 1.39 bits per heavy atom. The van der Waals surface area contributed by atoms with Gasteiger partial charge < -0.3 is 15.0 Å². The van der Waals surface area contributed by atoms with Crippen molar-refractivity contribution >= 4 is 22.7 Å². The van der Waals surface area contributed by atoms with E-state index in [0.717, 1.165) is 19.0 Å². The molecule has 1 heterocycles. The molecule has 0 spiro atoms. The lowest BCUT2D eigenvalue weighted by Gasteiger charge is -2.22. The molecule has 1 N–H and O–H groups in total. The summed E-state index contributed by atoms with van der Waals surface area (Å²) in [5.41, 5.74) is 0. The van der Waals surface area contributed by atoms with E-state index in [1.54, 1.807) is 0 Å². The van der Waals surface area contributed by atoms with Gasteiger partial charge in [0.15, 0.2) is 5.96 Å². The fraction of sp³-hybridized carbons (Fsp3) is 0.875. The van der Waals surface area contributed by atoms with Crippen molar-refractivity contribution in [1.29, 1.82) is 0 Å². The number of methoxy groups -OCH3 is 1. The van der Waals surface area contributed by atoms with Crippen LogP contribution >= 0.6 is 0 Å². The molecule has 0 saturated carbocycles. The van der Waals surface area contributed by atoms with E-state index < -0.39 is 10.8 Å². The summed E-state index contributed by atoms with van der Waals surface area (Å²) in [6.07, 6.45) is 0. The van der Waals surface area contributed by atoms with Crippen LogP contribution in [0.15, 0.2) is 4.99 Å². The van der Waals surface area contributed by atoms with Crippen molar-refractivity contribution in [3.8, 4) is 0 Å². The number of carbonyl (C=O) groups excluding carboxylic acids is 1. The number of hydrogen-bond donors (Lipinski definition) is 1. The third kappa shape index (κ3) is 5.79. The number of aliphatic imine (C=N–C) groups is 1. The first kappa shape index (κ1) is 19.9. The zero-order chi connectivity index (χ0) is 17.6. The minimum atomic E-state index is -0.909. The first-order chi connectivity index (χ1) is 10.7. The lowest BCUT2D eigenvalue weighted by atomic mass is 9.99. The second-order valence-electron chi connectivity index (χ2n) is 6.91. The number of ether oxygens (including phenoxy) is 1. The Morgan fingerprint density at radius 2 is 2.04 bits per heavy atom. The molecule has 1 saturated heterocycles. The molecule has 0 bridgehead atoms. The van der Waals surface area contributed by atoms with Gasteiger partial charge in [-0.05, 0) is 33.6 Å². The van der Waals surface area contributed by atoms with E-state index >= 15 is 0 Å². The highest BCUT2D eigenvalue weighted by Gasteiger charge is 2.36. The molecule has 6 nitrogen and oxygen atoms in total. The third-order valence-corrected chi connectivity index (χ3v) is 5.89. The Labute approximate surface area is 142 Å². The van der Waals surface area contributed by atoms with Crippen molar-refractivity contribution in [2.24, 2.45) is 16.8 Å². The Hall–Kier alpha value is -1.11. The van der Waals surface area contributed by atoms with Gasteiger partial charge >= 0.3 is 5.97 Å². The van der Waals surface area contributed by atoms with E-state index in [9.17, 15) is 9.00 Å². The Morgan fingerprint density at radius 3 is 2.57 bits per heavy atom. The molecule has 0 amide bonds. The molecule has 0 radical (unpaired) electrons. The number of carbonyl (C=O) groups is 1. The van der Waals surface area contributed by atoms with E-state index in [1.807, 2.05) is 27.7 Å². The van der Waals surface area contributed by atoms with E-state index in [-0.39, 0.29) is 22.6 Å². The van der Waals surface area contributed by atoms with Gasteiger partial charge in [-0.15, -0.1) is 0 Å². The van der Waals surface area contributed by atoms with Crippen molar-refractivity contribution in [2.45, 2.75) is 39.4 Å². The molecular weight excluding hydrogens is 314 g/mol. The van der Waals surface area contributed by atoms with Crippen LogP contribution in [0, 0.1) is 11.8 Å². The van der Waals surface area contributed by atoms with Crippen LogP contribution < -0.4 is 5.32 Å². The van der Waals surface area contributed by atoms with Crippen LogP contribution in [-0.4, -0.2) is 64.8 Å². The molecule has 134 valence electrons. The average Bonchev–Trinajstić information content (AvgIpc) is 2.86. The highest BCUT2D eigenvalue weighted by molar-refractivity contribution is 7.86. The predicted octanol–water partition coefficient (Wildman–Crippen LogP) is 1.24.